The third kappa shape index (κ3) is 1.66. The summed E-state index contributed by atoms with van der Waals surface area (Å²) in [6, 6.07) is 13.1. The molecule has 0 spiro atoms. The maximum atomic E-state index is 8.87. The predicted molar refractivity (Wildman–Crippen MR) is 63.2 cm³/mol. The number of hydrogen-bond acceptors (Lipinski definition) is 4. The summed E-state index contributed by atoms with van der Waals surface area (Å²) in [5.41, 5.74) is 13.7. The number of nitrogens with zero attached hydrogens (tertiary/aromatic N) is 2. The summed E-state index contributed by atoms with van der Waals surface area (Å²) >= 11 is 0. The van der Waals surface area contributed by atoms with Crippen LogP contribution < -0.4 is 11.5 Å². The highest BCUT2D eigenvalue weighted by atomic mass is 14.8. The van der Waals surface area contributed by atoms with Gasteiger partial charge in [0.25, 0.3) is 0 Å². The Labute approximate surface area is 93.1 Å². The fourth-order valence-corrected chi connectivity index (χ4v) is 1.42. The lowest BCUT2D eigenvalue weighted by atomic mass is 10.1. The first kappa shape index (κ1) is 9.99. The van der Waals surface area contributed by atoms with E-state index in [-0.39, 0.29) is 11.4 Å². The standard InChI is InChI=1S/C12H10N4/c13-7-11-12(15)9(14)6-10(16-11)8-4-2-1-3-5-8/h1-6H,15H2,(H2,14,16). The van der Waals surface area contributed by atoms with Gasteiger partial charge in [0.15, 0.2) is 5.69 Å². The van der Waals surface area contributed by atoms with Crippen molar-refractivity contribution in [2.45, 2.75) is 0 Å². The molecule has 78 valence electrons. The topological polar surface area (TPSA) is 88.7 Å². The third-order valence-corrected chi connectivity index (χ3v) is 2.27. The van der Waals surface area contributed by atoms with Crippen LogP contribution in [0.15, 0.2) is 36.4 Å². The highest BCUT2D eigenvalue weighted by molar-refractivity contribution is 5.75. The van der Waals surface area contributed by atoms with Crippen LogP contribution in [0.1, 0.15) is 5.69 Å². The summed E-state index contributed by atoms with van der Waals surface area (Å²) < 4.78 is 0. The fourth-order valence-electron chi connectivity index (χ4n) is 1.42. The van der Waals surface area contributed by atoms with Crippen molar-refractivity contribution in [3.8, 4) is 17.3 Å². The van der Waals surface area contributed by atoms with E-state index in [2.05, 4.69) is 4.98 Å². The van der Waals surface area contributed by atoms with Gasteiger partial charge < -0.3 is 11.5 Å². The Morgan fingerprint density at radius 1 is 1.12 bits per heavy atom. The third-order valence-electron chi connectivity index (χ3n) is 2.27. The van der Waals surface area contributed by atoms with Gasteiger partial charge in [0, 0.05) is 5.56 Å². The number of nitrogen functional groups attached to an aromatic ring is 2. The van der Waals surface area contributed by atoms with Crippen LogP contribution in [0.5, 0.6) is 0 Å². The van der Waals surface area contributed by atoms with Gasteiger partial charge in [0.1, 0.15) is 6.07 Å². The zero-order valence-corrected chi connectivity index (χ0v) is 8.51. The molecule has 16 heavy (non-hydrogen) atoms. The average molecular weight is 210 g/mol. The van der Waals surface area contributed by atoms with Gasteiger partial charge in [-0.15, -0.1) is 0 Å². The molecule has 2 aromatic rings. The lowest BCUT2D eigenvalue weighted by Gasteiger charge is -2.06. The first-order valence-electron chi connectivity index (χ1n) is 4.74. The summed E-state index contributed by atoms with van der Waals surface area (Å²) in [6.45, 7) is 0. The van der Waals surface area contributed by atoms with Crippen molar-refractivity contribution in [3.63, 3.8) is 0 Å². The maximum absolute atomic E-state index is 8.87. The van der Waals surface area contributed by atoms with E-state index >= 15 is 0 Å². The molecule has 1 aromatic heterocycles. The second-order valence-corrected chi connectivity index (χ2v) is 3.34. The van der Waals surface area contributed by atoms with Gasteiger partial charge in [-0.3, -0.25) is 0 Å². The molecule has 4 nitrogen and oxygen atoms in total. The number of nitriles is 1. The molecule has 0 saturated heterocycles. The lowest BCUT2D eigenvalue weighted by Crippen LogP contribution is -2.01. The Balaban J connectivity index is 2.61. The van der Waals surface area contributed by atoms with Crippen LogP contribution in [-0.4, -0.2) is 4.98 Å². The second-order valence-electron chi connectivity index (χ2n) is 3.34. The highest BCUT2D eigenvalue weighted by Crippen LogP contribution is 2.25. The van der Waals surface area contributed by atoms with Crippen LogP contribution in [0.4, 0.5) is 11.4 Å². The molecule has 0 fully saturated rings. The van der Waals surface area contributed by atoms with Crippen molar-refractivity contribution >= 4 is 11.4 Å². The van der Waals surface area contributed by atoms with Crippen LogP contribution in [0.25, 0.3) is 11.3 Å². The number of pyridine rings is 1. The van der Waals surface area contributed by atoms with E-state index in [0.717, 1.165) is 5.56 Å². The molecule has 0 radical (unpaired) electrons. The molecule has 0 aliphatic carbocycles. The Morgan fingerprint density at radius 2 is 1.81 bits per heavy atom. The van der Waals surface area contributed by atoms with Gasteiger partial charge in [-0.05, 0) is 6.07 Å². The van der Waals surface area contributed by atoms with E-state index in [1.54, 1.807) is 6.07 Å². The van der Waals surface area contributed by atoms with Gasteiger partial charge >= 0.3 is 0 Å². The number of aromatic nitrogens is 1. The van der Waals surface area contributed by atoms with Crippen molar-refractivity contribution in [2.24, 2.45) is 0 Å². The van der Waals surface area contributed by atoms with Crippen molar-refractivity contribution in [1.82, 2.24) is 4.98 Å². The van der Waals surface area contributed by atoms with E-state index in [0.29, 0.717) is 11.4 Å². The highest BCUT2D eigenvalue weighted by Gasteiger charge is 2.08. The normalized spacial score (nSPS) is 9.69. The molecule has 0 amide bonds. The number of benzene rings is 1. The molecule has 1 heterocycles. The summed E-state index contributed by atoms with van der Waals surface area (Å²) in [6.07, 6.45) is 0. The Bertz CT molecular complexity index is 555. The number of rotatable bonds is 1. The van der Waals surface area contributed by atoms with E-state index in [1.807, 2.05) is 36.4 Å². The number of nitrogens with two attached hydrogens (primary N) is 2. The van der Waals surface area contributed by atoms with Gasteiger partial charge in [0.2, 0.25) is 0 Å². The summed E-state index contributed by atoms with van der Waals surface area (Å²) in [5.74, 6) is 0. The minimum absolute atomic E-state index is 0.166. The lowest BCUT2D eigenvalue weighted by molar-refractivity contribution is 1.27. The molecular weight excluding hydrogens is 200 g/mol. The minimum atomic E-state index is 0.166. The molecule has 4 heteroatoms. The smallest absolute Gasteiger partial charge is 0.166 e. The molecule has 0 saturated carbocycles. The van der Waals surface area contributed by atoms with E-state index < -0.39 is 0 Å². The SMILES string of the molecule is N#Cc1nc(-c2ccccc2)cc(N)c1N. The van der Waals surface area contributed by atoms with Crippen LogP contribution >= 0.6 is 0 Å². The molecule has 0 aliphatic heterocycles. The molecular formula is C12H10N4. The molecule has 0 aliphatic rings. The molecule has 0 bridgehead atoms. The monoisotopic (exact) mass is 210 g/mol. The largest absolute Gasteiger partial charge is 0.397 e. The zero-order chi connectivity index (χ0) is 11.5. The summed E-state index contributed by atoms with van der Waals surface area (Å²) in [7, 11) is 0. The molecule has 0 unspecified atom stereocenters. The van der Waals surface area contributed by atoms with Gasteiger partial charge in [-0.1, -0.05) is 30.3 Å². The Kier molecular flexibility index (Phi) is 2.44. The van der Waals surface area contributed by atoms with Crippen molar-refractivity contribution in [3.05, 3.63) is 42.1 Å². The zero-order valence-electron chi connectivity index (χ0n) is 8.51. The second kappa shape index (κ2) is 3.91. The van der Waals surface area contributed by atoms with Gasteiger partial charge in [-0.2, -0.15) is 5.26 Å². The number of hydrogen-bond donors (Lipinski definition) is 2. The van der Waals surface area contributed by atoms with Gasteiger partial charge in [0.05, 0.1) is 17.1 Å². The van der Waals surface area contributed by atoms with E-state index in [9.17, 15) is 0 Å². The van der Waals surface area contributed by atoms with Crippen LogP contribution in [0.2, 0.25) is 0 Å². The molecule has 0 atom stereocenters. The van der Waals surface area contributed by atoms with Crippen LogP contribution in [0, 0.1) is 11.3 Å². The maximum Gasteiger partial charge on any atom is 0.166 e. The first-order chi connectivity index (χ1) is 7.72. The van der Waals surface area contributed by atoms with Crippen molar-refractivity contribution in [2.75, 3.05) is 11.5 Å². The van der Waals surface area contributed by atoms with E-state index in [4.69, 9.17) is 16.7 Å². The van der Waals surface area contributed by atoms with Crippen LogP contribution in [-0.2, 0) is 0 Å². The summed E-state index contributed by atoms with van der Waals surface area (Å²) in [5, 5.41) is 8.87. The fraction of sp³-hybridized carbons (Fsp3) is 0. The van der Waals surface area contributed by atoms with Gasteiger partial charge in [-0.25, -0.2) is 4.98 Å². The first-order valence-corrected chi connectivity index (χ1v) is 4.74. The van der Waals surface area contributed by atoms with E-state index in [1.165, 1.54) is 0 Å². The minimum Gasteiger partial charge on any atom is -0.397 e. The summed E-state index contributed by atoms with van der Waals surface area (Å²) in [4.78, 5) is 4.16. The predicted octanol–water partition coefficient (Wildman–Crippen LogP) is 1.78. The Morgan fingerprint density at radius 3 is 2.44 bits per heavy atom. The quantitative estimate of drug-likeness (QED) is 0.750. The molecule has 4 N–H and O–H groups in total. The number of anilines is 2. The molecule has 1 aromatic carbocycles. The molecule has 2 rings (SSSR count). The van der Waals surface area contributed by atoms with Crippen molar-refractivity contribution < 1.29 is 0 Å². The Hall–Kier alpha value is -2.54. The van der Waals surface area contributed by atoms with Crippen LogP contribution in [0.3, 0.4) is 0 Å². The average Bonchev–Trinajstić information content (AvgIpc) is 2.33. The van der Waals surface area contributed by atoms with Crippen molar-refractivity contribution in [1.29, 1.82) is 5.26 Å².